The number of ether oxygens (including phenoxy) is 1. The molecule has 0 aromatic heterocycles. The summed E-state index contributed by atoms with van der Waals surface area (Å²) in [6.45, 7) is 2.62. The number of hydrogen-bond donors (Lipinski definition) is 1. The van der Waals surface area contributed by atoms with Gasteiger partial charge in [0.25, 0.3) is 0 Å². The SMILES string of the molecule is CCOc1ccc(C(=N)c2ccccc2)cc1. The van der Waals surface area contributed by atoms with Crippen LogP contribution >= 0.6 is 0 Å². The molecule has 2 rings (SSSR count). The Balaban J connectivity index is 2.20. The number of benzene rings is 2. The van der Waals surface area contributed by atoms with Crippen molar-refractivity contribution in [1.29, 1.82) is 5.41 Å². The fraction of sp³-hybridized carbons (Fsp3) is 0.133. The van der Waals surface area contributed by atoms with Crippen molar-refractivity contribution in [1.82, 2.24) is 0 Å². The van der Waals surface area contributed by atoms with Crippen molar-refractivity contribution in [2.24, 2.45) is 0 Å². The lowest BCUT2D eigenvalue weighted by molar-refractivity contribution is 0.340. The van der Waals surface area contributed by atoms with Gasteiger partial charge in [0.15, 0.2) is 0 Å². The van der Waals surface area contributed by atoms with Crippen LogP contribution in [0.2, 0.25) is 0 Å². The van der Waals surface area contributed by atoms with Crippen LogP contribution in [0.3, 0.4) is 0 Å². The zero-order chi connectivity index (χ0) is 12.1. The first-order chi connectivity index (χ1) is 8.31. The van der Waals surface area contributed by atoms with Crippen molar-refractivity contribution in [2.45, 2.75) is 6.92 Å². The van der Waals surface area contributed by atoms with Crippen LogP contribution in [-0.2, 0) is 0 Å². The van der Waals surface area contributed by atoms with Crippen molar-refractivity contribution >= 4 is 5.71 Å². The molecular weight excluding hydrogens is 210 g/mol. The first-order valence-electron chi connectivity index (χ1n) is 5.68. The Morgan fingerprint density at radius 2 is 1.53 bits per heavy atom. The van der Waals surface area contributed by atoms with Crippen LogP contribution in [-0.4, -0.2) is 12.3 Å². The van der Waals surface area contributed by atoms with E-state index in [1.54, 1.807) is 0 Å². The minimum Gasteiger partial charge on any atom is -0.494 e. The topological polar surface area (TPSA) is 33.1 Å². The first kappa shape index (κ1) is 11.4. The summed E-state index contributed by atoms with van der Waals surface area (Å²) in [6.07, 6.45) is 0. The molecule has 2 aromatic carbocycles. The molecule has 0 unspecified atom stereocenters. The highest BCUT2D eigenvalue weighted by Gasteiger charge is 2.03. The van der Waals surface area contributed by atoms with Gasteiger partial charge >= 0.3 is 0 Å². The molecule has 0 saturated heterocycles. The maximum atomic E-state index is 8.10. The summed E-state index contributed by atoms with van der Waals surface area (Å²) in [6, 6.07) is 17.4. The fourth-order valence-corrected chi connectivity index (χ4v) is 1.66. The normalized spacial score (nSPS) is 9.94. The van der Waals surface area contributed by atoms with Gasteiger partial charge in [0.05, 0.1) is 12.3 Å². The lowest BCUT2D eigenvalue weighted by Gasteiger charge is -2.06. The molecule has 2 aromatic rings. The van der Waals surface area contributed by atoms with Crippen LogP contribution in [0.1, 0.15) is 18.1 Å². The highest BCUT2D eigenvalue weighted by Crippen LogP contribution is 2.15. The summed E-state index contributed by atoms with van der Waals surface area (Å²) in [4.78, 5) is 0. The van der Waals surface area contributed by atoms with E-state index in [-0.39, 0.29) is 0 Å². The quantitative estimate of drug-likeness (QED) is 0.794. The lowest BCUT2D eigenvalue weighted by atomic mass is 10.0. The van der Waals surface area contributed by atoms with E-state index in [0.29, 0.717) is 12.3 Å². The Hall–Kier alpha value is -2.09. The molecule has 0 radical (unpaired) electrons. The molecule has 1 N–H and O–H groups in total. The van der Waals surface area contributed by atoms with Gasteiger partial charge in [-0.25, -0.2) is 0 Å². The van der Waals surface area contributed by atoms with Gasteiger partial charge in [-0.2, -0.15) is 0 Å². The molecule has 0 spiro atoms. The number of hydrogen-bond acceptors (Lipinski definition) is 2. The van der Waals surface area contributed by atoms with Crippen LogP contribution in [0.25, 0.3) is 0 Å². The molecular formula is C15H15NO. The Morgan fingerprint density at radius 3 is 2.12 bits per heavy atom. The van der Waals surface area contributed by atoms with Gasteiger partial charge in [-0.15, -0.1) is 0 Å². The number of rotatable bonds is 4. The second-order valence-corrected chi connectivity index (χ2v) is 3.70. The third-order valence-corrected chi connectivity index (χ3v) is 2.52. The minimum absolute atomic E-state index is 0.536. The summed E-state index contributed by atoms with van der Waals surface area (Å²) < 4.78 is 5.38. The molecule has 0 aliphatic rings. The zero-order valence-electron chi connectivity index (χ0n) is 9.81. The standard InChI is InChI=1S/C15H15NO/c1-2-17-14-10-8-13(9-11-14)15(16)12-6-4-3-5-7-12/h3-11,16H,2H2,1H3. The molecule has 0 aliphatic heterocycles. The Labute approximate surface area is 101 Å². The predicted molar refractivity (Wildman–Crippen MR) is 70.0 cm³/mol. The van der Waals surface area contributed by atoms with Gasteiger partial charge in [-0.05, 0) is 36.8 Å². The summed E-state index contributed by atoms with van der Waals surface area (Å²) in [5.41, 5.74) is 2.37. The van der Waals surface area contributed by atoms with E-state index in [4.69, 9.17) is 10.1 Å². The maximum Gasteiger partial charge on any atom is 0.119 e. The lowest BCUT2D eigenvalue weighted by Crippen LogP contribution is -2.01. The third-order valence-electron chi connectivity index (χ3n) is 2.52. The fourth-order valence-electron chi connectivity index (χ4n) is 1.66. The van der Waals surface area contributed by atoms with E-state index in [0.717, 1.165) is 16.9 Å². The van der Waals surface area contributed by atoms with Crippen molar-refractivity contribution in [3.8, 4) is 5.75 Å². The molecule has 2 nitrogen and oxygen atoms in total. The smallest absolute Gasteiger partial charge is 0.119 e. The molecule has 86 valence electrons. The van der Waals surface area contributed by atoms with Gasteiger partial charge in [0.1, 0.15) is 5.75 Å². The molecule has 0 heterocycles. The van der Waals surface area contributed by atoms with Crippen LogP contribution in [0, 0.1) is 5.41 Å². The van der Waals surface area contributed by atoms with Gasteiger partial charge in [-0.3, -0.25) is 5.41 Å². The molecule has 0 aliphatic carbocycles. The predicted octanol–water partition coefficient (Wildman–Crippen LogP) is 3.50. The van der Waals surface area contributed by atoms with Crippen molar-refractivity contribution in [3.63, 3.8) is 0 Å². The molecule has 0 atom stereocenters. The van der Waals surface area contributed by atoms with E-state index >= 15 is 0 Å². The monoisotopic (exact) mass is 225 g/mol. The maximum absolute atomic E-state index is 8.10. The van der Waals surface area contributed by atoms with E-state index in [1.807, 2.05) is 61.5 Å². The number of nitrogens with one attached hydrogen (secondary N) is 1. The van der Waals surface area contributed by atoms with E-state index in [2.05, 4.69) is 0 Å². The highest BCUT2D eigenvalue weighted by molar-refractivity contribution is 6.10. The highest BCUT2D eigenvalue weighted by atomic mass is 16.5. The van der Waals surface area contributed by atoms with Crippen LogP contribution in [0.15, 0.2) is 54.6 Å². The average Bonchev–Trinajstić information content (AvgIpc) is 2.40. The van der Waals surface area contributed by atoms with Crippen molar-refractivity contribution in [2.75, 3.05) is 6.61 Å². The van der Waals surface area contributed by atoms with Gasteiger partial charge in [-0.1, -0.05) is 30.3 Å². The Kier molecular flexibility index (Phi) is 3.55. The van der Waals surface area contributed by atoms with Crippen LogP contribution < -0.4 is 4.74 Å². The van der Waals surface area contributed by atoms with Crippen LogP contribution in [0.4, 0.5) is 0 Å². The molecule has 0 amide bonds. The van der Waals surface area contributed by atoms with E-state index < -0.39 is 0 Å². The van der Waals surface area contributed by atoms with Crippen molar-refractivity contribution in [3.05, 3.63) is 65.7 Å². The third kappa shape index (κ3) is 2.72. The van der Waals surface area contributed by atoms with E-state index in [9.17, 15) is 0 Å². The molecule has 0 saturated carbocycles. The largest absolute Gasteiger partial charge is 0.494 e. The Bertz CT molecular complexity index is 488. The second-order valence-electron chi connectivity index (χ2n) is 3.70. The average molecular weight is 225 g/mol. The summed E-state index contributed by atoms with van der Waals surface area (Å²) in [5, 5.41) is 8.10. The summed E-state index contributed by atoms with van der Waals surface area (Å²) >= 11 is 0. The second kappa shape index (κ2) is 5.30. The first-order valence-corrected chi connectivity index (χ1v) is 5.68. The van der Waals surface area contributed by atoms with E-state index in [1.165, 1.54) is 0 Å². The van der Waals surface area contributed by atoms with Gasteiger partial charge in [0, 0.05) is 5.56 Å². The zero-order valence-corrected chi connectivity index (χ0v) is 9.81. The molecule has 2 heteroatoms. The summed E-state index contributed by atoms with van der Waals surface area (Å²) in [5.74, 6) is 0.845. The van der Waals surface area contributed by atoms with Gasteiger partial charge in [0.2, 0.25) is 0 Å². The minimum atomic E-state index is 0.536. The molecule has 0 fully saturated rings. The van der Waals surface area contributed by atoms with Crippen molar-refractivity contribution < 1.29 is 4.74 Å². The van der Waals surface area contributed by atoms with Gasteiger partial charge < -0.3 is 4.74 Å². The Morgan fingerprint density at radius 1 is 0.941 bits per heavy atom. The molecule has 0 bridgehead atoms. The summed E-state index contributed by atoms with van der Waals surface area (Å²) in [7, 11) is 0. The molecule has 17 heavy (non-hydrogen) atoms. The van der Waals surface area contributed by atoms with Crippen LogP contribution in [0.5, 0.6) is 5.75 Å².